The molecular weight excluding hydrogens is 294 g/mol. The molecule has 0 saturated heterocycles. The van der Waals surface area contributed by atoms with E-state index in [4.69, 9.17) is 0 Å². The molecule has 0 bridgehead atoms. The van der Waals surface area contributed by atoms with E-state index in [-0.39, 0.29) is 17.9 Å². The van der Waals surface area contributed by atoms with Crippen molar-refractivity contribution in [2.24, 2.45) is 5.92 Å². The number of aryl methyl sites for hydroxylation is 1. The van der Waals surface area contributed by atoms with Crippen molar-refractivity contribution >= 4 is 11.7 Å². The Morgan fingerprint density at radius 3 is 3.00 bits per heavy atom. The number of nitrogens with one attached hydrogen (secondary N) is 1. The molecule has 0 spiro atoms. The van der Waals surface area contributed by atoms with Gasteiger partial charge in [0.05, 0.1) is 18.0 Å². The van der Waals surface area contributed by atoms with Crippen LogP contribution in [0, 0.1) is 5.92 Å². The quantitative estimate of drug-likeness (QED) is 0.893. The molecule has 1 saturated carbocycles. The van der Waals surface area contributed by atoms with Crippen molar-refractivity contribution in [1.29, 1.82) is 0 Å². The van der Waals surface area contributed by atoms with Crippen LogP contribution in [0.3, 0.4) is 0 Å². The van der Waals surface area contributed by atoms with Crippen molar-refractivity contribution in [3.8, 4) is 11.3 Å². The fourth-order valence-electron chi connectivity index (χ4n) is 3.24. The molecule has 7 heteroatoms. The molecule has 4 rings (SSSR count). The standard InChI is InChI=1S/C16H19N5O2/c22-11-5-10(6-11)16(23)20-15-7-13(17-9-18-15)12-8-19-21-4-2-1-3-14(12)21/h7-11,22H,1-6H2,(H,17,18,20,23). The summed E-state index contributed by atoms with van der Waals surface area (Å²) in [6.45, 7) is 0.952. The monoisotopic (exact) mass is 313 g/mol. The third-order valence-electron chi connectivity index (χ3n) is 4.66. The van der Waals surface area contributed by atoms with Crippen LogP contribution in [-0.4, -0.2) is 36.9 Å². The predicted octanol–water partition coefficient (Wildman–Crippen LogP) is 1.39. The summed E-state index contributed by atoms with van der Waals surface area (Å²) < 4.78 is 2.04. The molecule has 3 heterocycles. The Morgan fingerprint density at radius 2 is 2.17 bits per heavy atom. The summed E-state index contributed by atoms with van der Waals surface area (Å²) in [7, 11) is 0. The molecule has 23 heavy (non-hydrogen) atoms. The van der Waals surface area contributed by atoms with Crippen molar-refractivity contribution in [2.75, 3.05) is 5.32 Å². The van der Waals surface area contributed by atoms with Gasteiger partial charge in [-0.15, -0.1) is 0 Å². The highest BCUT2D eigenvalue weighted by Crippen LogP contribution is 2.29. The van der Waals surface area contributed by atoms with Crippen LogP contribution >= 0.6 is 0 Å². The first-order valence-electron chi connectivity index (χ1n) is 8.07. The van der Waals surface area contributed by atoms with Crippen LogP contribution in [0.5, 0.6) is 0 Å². The third-order valence-corrected chi connectivity index (χ3v) is 4.66. The Balaban J connectivity index is 1.54. The molecule has 2 N–H and O–H groups in total. The smallest absolute Gasteiger partial charge is 0.228 e. The Morgan fingerprint density at radius 1 is 1.30 bits per heavy atom. The lowest BCUT2D eigenvalue weighted by atomic mass is 9.82. The molecular formula is C16H19N5O2. The molecule has 2 aliphatic rings. The van der Waals surface area contributed by atoms with Gasteiger partial charge in [-0.25, -0.2) is 9.97 Å². The van der Waals surface area contributed by atoms with Crippen LogP contribution in [0.4, 0.5) is 5.82 Å². The fourth-order valence-corrected chi connectivity index (χ4v) is 3.24. The first-order valence-corrected chi connectivity index (χ1v) is 8.07. The van der Waals surface area contributed by atoms with Crippen LogP contribution in [0.2, 0.25) is 0 Å². The van der Waals surface area contributed by atoms with Gasteiger partial charge in [-0.3, -0.25) is 9.48 Å². The van der Waals surface area contributed by atoms with Gasteiger partial charge in [0.15, 0.2) is 0 Å². The number of aliphatic hydroxyl groups is 1. The number of rotatable bonds is 3. The second-order valence-corrected chi connectivity index (χ2v) is 6.29. The van der Waals surface area contributed by atoms with Gasteiger partial charge in [0.2, 0.25) is 5.91 Å². The van der Waals surface area contributed by atoms with Crippen molar-refractivity contribution in [1.82, 2.24) is 19.7 Å². The van der Waals surface area contributed by atoms with E-state index < -0.39 is 0 Å². The topological polar surface area (TPSA) is 92.9 Å². The molecule has 0 aromatic carbocycles. The maximum atomic E-state index is 12.1. The van der Waals surface area contributed by atoms with Crippen LogP contribution in [-0.2, 0) is 17.8 Å². The van der Waals surface area contributed by atoms with Gasteiger partial charge in [-0.05, 0) is 32.1 Å². The lowest BCUT2D eigenvalue weighted by Gasteiger charge is -2.29. The number of fused-ring (bicyclic) bond motifs is 1. The number of hydrogen-bond donors (Lipinski definition) is 2. The summed E-state index contributed by atoms with van der Waals surface area (Å²) in [5, 5.41) is 16.5. The largest absolute Gasteiger partial charge is 0.393 e. The van der Waals surface area contributed by atoms with Crippen LogP contribution in [0.15, 0.2) is 18.6 Å². The normalized spacial score (nSPS) is 23.0. The second-order valence-electron chi connectivity index (χ2n) is 6.29. The zero-order chi connectivity index (χ0) is 15.8. The van der Waals surface area contributed by atoms with Gasteiger partial charge in [-0.1, -0.05) is 0 Å². The molecule has 1 aliphatic carbocycles. The van der Waals surface area contributed by atoms with Gasteiger partial charge in [0, 0.05) is 29.8 Å². The summed E-state index contributed by atoms with van der Waals surface area (Å²) in [5.74, 6) is 0.293. The van der Waals surface area contributed by atoms with Gasteiger partial charge in [0.25, 0.3) is 0 Å². The third kappa shape index (κ3) is 2.72. The lowest BCUT2D eigenvalue weighted by molar-refractivity contribution is -0.126. The van der Waals surface area contributed by atoms with Gasteiger partial charge >= 0.3 is 0 Å². The van der Waals surface area contributed by atoms with E-state index in [9.17, 15) is 9.90 Å². The van der Waals surface area contributed by atoms with Gasteiger partial charge in [0.1, 0.15) is 12.1 Å². The maximum absolute atomic E-state index is 12.1. The van der Waals surface area contributed by atoms with Gasteiger partial charge in [-0.2, -0.15) is 5.10 Å². The van der Waals surface area contributed by atoms with Crippen LogP contribution in [0.25, 0.3) is 11.3 Å². The SMILES string of the molecule is O=C(Nc1cc(-c2cnn3c2CCCC3)ncn1)C1CC(O)C1. The Kier molecular flexibility index (Phi) is 3.57. The van der Waals surface area contributed by atoms with E-state index in [1.54, 1.807) is 6.07 Å². The van der Waals surface area contributed by atoms with E-state index in [2.05, 4.69) is 20.4 Å². The minimum absolute atomic E-state index is 0.0861. The van der Waals surface area contributed by atoms with Crippen LogP contribution in [0.1, 0.15) is 31.4 Å². The summed E-state index contributed by atoms with van der Waals surface area (Å²) in [4.78, 5) is 20.5. The molecule has 2 aromatic heterocycles. The van der Waals surface area contributed by atoms with E-state index in [1.807, 2.05) is 10.9 Å². The van der Waals surface area contributed by atoms with E-state index in [1.165, 1.54) is 12.0 Å². The molecule has 0 atom stereocenters. The molecule has 120 valence electrons. The summed E-state index contributed by atoms with van der Waals surface area (Å²) in [6, 6.07) is 1.79. The summed E-state index contributed by atoms with van der Waals surface area (Å²) in [6.07, 6.45) is 7.35. The predicted molar refractivity (Wildman–Crippen MR) is 83.6 cm³/mol. The van der Waals surface area contributed by atoms with Crippen molar-refractivity contribution in [2.45, 2.75) is 44.8 Å². The molecule has 1 amide bonds. The first-order chi connectivity index (χ1) is 11.2. The second kappa shape index (κ2) is 5.73. The molecule has 1 fully saturated rings. The minimum atomic E-state index is -0.342. The number of amides is 1. The number of anilines is 1. The number of aromatic nitrogens is 4. The number of nitrogens with zero attached hydrogens (tertiary/aromatic N) is 4. The maximum Gasteiger partial charge on any atom is 0.228 e. The van der Waals surface area contributed by atoms with E-state index in [0.29, 0.717) is 18.7 Å². The first kappa shape index (κ1) is 14.3. The molecule has 0 unspecified atom stereocenters. The van der Waals surface area contributed by atoms with Gasteiger partial charge < -0.3 is 10.4 Å². The fraction of sp³-hybridized carbons (Fsp3) is 0.500. The van der Waals surface area contributed by atoms with E-state index >= 15 is 0 Å². The highest BCUT2D eigenvalue weighted by Gasteiger charge is 2.33. The molecule has 0 radical (unpaired) electrons. The molecule has 1 aliphatic heterocycles. The van der Waals surface area contributed by atoms with E-state index in [0.717, 1.165) is 37.1 Å². The number of hydrogen-bond acceptors (Lipinski definition) is 5. The average Bonchev–Trinajstić information content (AvgIpc) is 2.96. The molecule has 2 aromatic rings. The number of carbonyl (C=O) groups is 1. The Hall–Kier alpha value is -2.28. The number of carbonyl (C=O) groups excluding carboxylic acids is 1. The Labute approximate surface area is 133 Å². The minimum Gasteiger partial charge on any atom is -0.393 e. The Bertz CT molecular complexity index is 736. The zero-order valence-corrected chi connectivity index (χ0v) is 12.8. The highest BCUT2D eigenvalue weighted by molar-refractivity contribution is 5.92. The molecule has 7 nitrogen and oxygen atoms in total. The summed E-state index contributed by atoms with van der Waals surface area (Å²) in [5.41, 5.74) is 3.00. The van der Waals surface area contributed by atoms with Crippen molar-refractivity contribution < 1.29 is 9.90 Å². The van der Waals surface area contributed by atoms with Crippen LogP contribution < -0.4 is 5.32 Å². The number of aliphatic hydroxyl groups excluding tert-OH is 1. The van der Waals surface area contributed by atoms with Crippen molar-refractivity contribution in [3.63, 3.8) is 0 Å². The summed E-state index contributed by atoms with van der Waals surface area (Å²) >= 11 is 0. The van der Waals surface area contributed by atoms with Crippen molar-refractivity contribution in [3.05, 3.63) is 24.3 Å². The highest BCUT2D eigenvalue weighted by atomic mass is 16.3. The zero-order valence-electron chi connectivity index (χ0n) is 12.8. The lowest BCUT2D eigenvalue weighted by Crippen LogP contribution is -2.37. The average molecular weight is 313 g/mol.